The Morgan fingerprint density at radius 1 is 1.39 bits per heavy atom. The standard InChI is InChI=1S/C16H18ClN3O3/c17-14(18-22)12-8-16(6-7-16)13-9-19(12)15(21)20(13)23-10-11-4-2-1-3-5-11/h1-5,12-13,22H,6-10H2/b18-14-/t12-,13+/m0/s1. The number of piperidine rings is 1. The first-order chi connectivity index (χ1) is 11.1. The zero-order valence-corrected chi connectivity index (χ0v) is 13.3. The van der Waals surface area contributed by atoms with Gasteiger partial charge in [0.2, 0.25) is 0 Å². The molecule has 2 heterocycles. The summed E-state index contributed by atoms with van der Waals surface area (Å²) in [6, 6.07) is 9.29. The Balaban J connectivity index is 1.54. The maximum atomic E-state index is 12.7. The van der Waals surface area contributed by atoms with E-state index in [1.807, 2.05) is 30.3 Å². The van der Waals surface area contributed by atoms with Crippen LogP contribution in [0.4, 0.5) is 4.79 Å². The van der Waals surface area contributed by atoms with Crippen LogP contribution in [-0.2, 0) is 11.4 Å². The molecule has 1 saturated carbocycles. The molecule has 0 unspecified atom stereocenters. The third kappa shape index (κ3) is 2.37. The molecule has 1 aromatic carbocycles. The highest BCUT2D eigenvalue weighted by Gasteiger charge is 2.63. The number of amides is 2. The average molecular weight is 336 g/mol. The SMILES string of the molecule is O=C1N2C[C@@H](N1OCc1ccccc1)C1(CC1)C[C@H]2/C(Cl)=N/O. The summed E-state index contributed by atoms with van der Waals surface area (Å²) < 4.78 is 0. The second-order valence-electron chi connectivity index (χ2n) is 6.54. The van der Waals surface area contributed by atoms with Crippen molar-refractivity contribution in [1.82, 2.24) is 9.96 Å². The molecule has 23 heavy (non-hydrogen) atoms. The summed E-state index contributed by atoms with van der Waals surface area (Å²) in [5.74, 6) is 0. The van der Waals surface area contributed by atoms with Crippen LogP contribution in [0, 0.1) is 5.41 Å². The van der Waals surface area contributed by atoms with Crippen LogP contribution >= 0.6 is 11.6 Å². The number of fused-ring (bicyclic) bond motifs is 3. The number of rotatable bonds is 4. The number of halogens is 1. The Labute approximate surface area is 139 Å². The highest BCUT2D eigenvalue weighted by atomic mass is 35.5. The summed E-state index contributed by atoms with van der Waals surface area (Å²) >= 11 is 6.02. The molecule has 0 radical (unpaired) electrons. The highest BCUT2D eigenvalue weighted by Crippen LogP contribution is 2.59. The number of hydroxylamine groups is 2. The average Bonchev–Trinajstić information content (AvgIpc) is 3.29. The van der Waals surface area contributed by atoms with Gasteiger partial charge >= 0.3 is 6.03 Å². The number of oxime groups is 1. The molecule has 2 atom stereocenters. The highest BCUT2D eigenvalue weighted by molar-refractivity contribution is 6.66. The number of urea groups is 1. The molecule has 1 aromatic rings. The Hall–Kier alpha value is -1.79. The molecular weight excluding hydrogens is 318 g/mol. The number of hydrogen-bond acceptors (Lipinski definition) is 4. The van der Waals surface area contributed by atoms with E-state index in [1.54, 1.807) is 4.90 Å². The fourth-order valence-corrected chi connectivity index (χ4v) is 3.97. The Bertz CT molecular complexity index is 647. The predicted molar refractivity (Wildman–Crippen MR) is 84.1 cm³/mol. The first-order valence-corrected chi connectivity index (χ1v) is 8.16. The van der Waals surface area contributed by atoms with E-state index >= 15 is 0 Å². The van der Waals surface area contributed by atoms with Gasteiger partial charge < -0.3 is 10.1 Å². The summed E-state index contributed by atoms with van der Waals surface area (Å²) in [5, 5.41) is 13.7. The maximum Gasteiger partial charge on any atom is 0.344 e. The fourth-order valence-electron chi connectivity index (χ4n) is 3.77. The van der Waals surface area contributed by atoms with E-state index in [2.05, 4.69) is 5.16 Å². The number of nitrogens with zero attached hydrogens (tertiary/aromatic N) is 3. The molecule has 122 valence electrons. The molecule has 4 rings (SSSR count). The number of hydrogen-bond donors (Lipinski definition) is 1. The first kappa shape index (κ1) is 14.8. The van der Waals surface area contributed by atoms with Gasteiger partial charge in [-0.1, -0.05) is 47.1 Å². The van der Waals surface area contributed by atoms with Crippen molar-refractivity contribution in [2.75, 3.05) is 6.54 Å². The van der Waals surface area contributed by atoms with E-state index in [9.17, 15) is 4.79 Å². The fraction of sp³-hybridized carbons (Fsp3) is 0.500. The van der Waals surface area contributed by atoms with Crippen molar-refractivity contribution in [3.63, 3.8) is 0 Å². The topological polar surface area (TPSA) is 65.4 Å². The largest absolute Gasteiger partial charge is 0.410 e. The molecule has 1 spiro atoms. The van der Waals surface area contributed by atoms with E-state index in [4.69, 9.17) is 21.6 Å². The zero-order valence-electron chi connectivity index (χ0n) is 12.6. The Morgan fingerprint density at radius 2 is 2.13 bits per heavy atom. The second-order valence-corrected chi connectivity index (χ2v) is 6.93. The monoisotopic (exact) mass is 335 g/mol. The van der Waals surface area contributed by atoms with Crippen molar-refractivity contribution in [3.05, 3.63) is 35.9 Å². The van der Waals surface area contributed by atoms with Gasteiger partial charge in [0.15, 0.2) is 5.17 Å². The first-order valence-electron chi connectivity index (χ1n) is 7.79. The lowest BCUT2D eigenvalue weighted by atomic mass is 9.85. The molecule has 2 amide bonds. The third-order valence-corrected chi connectivity index (χ3v) is 5.57. The van der Waals surface area contributed by atoms with Crippen molar-refractivity contribution < 1.29 is 14.8 Å². The number of carbonyl (C=O) groups excluding carboxylic acids is 1. The van der Waals surface area contributed by atoms with Gasteiger partial charge in [-0.2, -0.15) is 5.06 Å². The van der Waals surface area contributed by atoms with Gasteiger partial charge in [-0.3, -0.25) is 4.84 Å². The van der Waals surface area contributed by atoms with Crippen molar-refractivity contribution in [1.29, 1.82) is 0 Å². The Morgan fingerprint density at radius 3 is 2.78 bits per heavy atom. The van der Waals surface area contributed by atoms with Crippen LogP contribution < -0.4 is 0 Å². The van der Waals surface area contributed by atoms with Crippen molar-refractivity contribution in [2.45, 2.75) is 38.0 Å². The van der Waals surface area contributed by atoms with Gasteiger partial charge in [0.1, 0.15) is 6.61 Å². The van der Waals surface area contributed by atoms with Crippen molar-refractivity contribution >= 4 is 22.8 Å². The van der Waals surface area contributed by atoms with Crippen molar-refractivity contribution in [2.24, 2.45) is 10.6 Å². The summed E-state index contributed by atoms with van der Waals surface area (Å²) in [4.78, 5) is 20.2. The van der Waals surface area contributed by atoms with Crippen LogP contribution in [0.3, 0.4) is 0 Å². The summed E-state index contributed by atoms with van der Waals surface area (Å²) in [6.45, 7) is 0.934. The molecule has 1 N–H and O–H groups in total. The zero-order chi connectivity index (χ0) is 16.0. The summed E-state index contributed by atoms with van der Waals surface area (Å²) in [6.07, 6.45) is 2.84. The van der Waals surface area contributed by atoms with Gasteiger partial charge in [-0.05, 0) is 30.2 Å². The van der Waals surface area contributed by atoms with E-state index < -0.39 is 0 Å². The van der Waals surface area contributed by atoms with E-state index in [1.165, 1.54) is 5.06 Å². The van der Waals surface area contributed by atoms with Gasteiger partial charge in [0, 0.05) is 6.54 Å². The molecule has 0 aromatic heterocycles. The molecule has 6 nitrogen and oxygen atoms in total. The smallest absolute Gasteiger partial charge is 0.344 e. The van der Waals surface area contributed by atoms with Crippen LogP contribution in [-0.4, -0.2) is 45.0 Å². The molecule has 2 aliphatic heterocycles. The normalized spacial score (nSPS) is 28.6. The summed E-state index contributed by atoms with van der Waals surface area (Å²) in [5.41, 5.74) is 1.07. The molecule has 2 bridgehead atoms. The summed E-state index contributed by atoms with van der Waals surface area (Å²) in [7, 11) is 0. The van der Waals surface area contributed by atoms with Crippen LogP contribution in [0.15, 0.2) is 35.5 Å². The molecule has 7 heteroatoms. The van der Waals surface area contributed by atoms with Gasteiger partial charge in [0.25, 0.3) is 0 Å². The lowest BCUT2D eigenvalue weighted by Crippen LogP contribution is -2.48. The van der Waals surface area contributed by atoms with E-state index in [0.29, 0.717) is 13.2 Å². The predicted octanol–water partition coefficient (Wildman–Crippen LogP) is 2.80. The lowest BCUT2D eigenvalue weighted by molar-refractivity contribution is -0.153. The minimum atomic E-state index is -0.349. The lowest BCUT2D eigenvalue weighted by Gasteiger charge is -2.35. The van der Waals surface area contributed by atoms with Crippen LogP contribution in [0.2, 0.25) is 0 Å². The quantitative estimate of drug-likeness (QED) is 0.523. The Kier molecular flexibility index (Phi) is 3.46. The molecular formula is C16H18ClN3O3. The minimum Gasteiger partial charge on any atom is -0.410 e. The van der Waals surface area contributed by atoms with Gasteiger partial charge in [0.05, 0.1) is 12.1 Å². The molecule has 3 fully saturated rings. The van der Waals surface area contributed by atoms with Crippen LogP contribution in [0.25, 0.3) is 0 Å². The third-order valence-electron chi connectivity index (χ3n) is 5.25. The van der Waals surface area contributed by atoms with Crippen LogP contribution in [0.1, 0.15) is 24.8 Å². The maximum absolute atomic E-state index is 12.7. The number of carbonyl (C=O) groups is 1. The van der Waals surface area contributed by atoms with Gasteiger partial charge in [-0.15, -0.1) is 0 Å². The van der Waals surface area contributed by atoms with Crippen molar-refractivity contribution in [3.8, 4) is 0 Å². The van der Waals surface area contributed by atoms with E-state index in [-0.39, 0.29) is 28.7 Å². The molecule has 1 aliphatic carbocycles. The van der Waals surface area contributed by atoms with Crippen LogP contribution in [0.5, 0.6) is 0 Å². The molecule has 3 aliphatic rings. The van der Waals surface area contributed by atoms with E-state index in [0.717, 1.165) is 24.8 Å². The number of benzene rings is 1. The minimum absolute atomic E-state index is 0.0504. The molecule has 2 saturated heterocycles. The second kappa shape index (κ2) is 5.39. The van der Waals surface area contributed by atoms with Gasteiger partial charge in [-0.25, -0.2) is 4.79 Å².